The molecule has 1 heterocycles. The first kappa shape index (κ1) is 14.4. The van der Waals surface area contributed by atoms with E-state index < -0.39 is 0 Å². The van der Waals surface area contributed by atoms with E-state index in [4.69, 9.17) is 4.98 Å². The van der Waals surface area contributed by atoms with Crippen LogP contribution in [0.5, 0.6) is 0 Å². The number of para-hydroxylation sites is 1. The van der Waals surface area contributed by atoms with Gasteiger partial charge in [0.15, 0.2) is 0 Å². The van der Waals surface area contributed by atoms with E-state index in [-0.39, 0.29) is 0 Å². The Labute approximate surface area is 119 Å². The first-order chi connectivity index (χ1) is 9.24. The number of likely N-dealkylation sites (N-methyl/N-ethyl adjacent to an activating group) is 1. The van der Waals surface area contributed by atoms with Crippen molar-refractivity contribution in [1.29, 1.82) is 0 Å². The summed E-state index contributed by atoms with van der Waals surface area (Å²) in [5.74, 6) is 0. The van der Waals surface area contributed by atoms with Crippen LogP contribution >= 0.6 is 11.3 Å². The van der Waals surface area contributed by atoms with Crippen LogP contribution in [0.15, 0.2) is 24.3 Å². The standard InChI is InChI=1S/C15H23N3S/c1-4-18(5-2)11-10-16-12(3)15-17-13-8-6-7-9-14(13)19-15/h6-9,12,16H,4-5,10-11H2,1-3H3. The Kier molecular flexibility index (Phi) is 5.31. The van der Waals surface area contributed by atoms with Gasteiger partial charge in [0.2, 0.25) is 0 Å². The molecule has 1 N–H and O–H groups in total. The lowest BCUT2D eigenvalue weighted by molar-refractivity contribution is 0.298. The van der Waals surface area contributed by atoms with E-state index in [0.29, 0.717) is 6.04 Å². The molecule has 0 aliphatic heterocycles. The molecule has 0 radical (unpaired) electrons. The topological polar surface area (TPSA) is 28.2 Å². The summed E-state index contributed by atoms with van der Waals surface area (Å²) < 4.78 is 1.27. The Morgan fingerprint density at radius 3 is 2.68 bits per heavy atom. The van der Waals surface area contributed by atoms with Crippen LogP contribution < -0.4 is 5.32 Å². The van der Waals surface area contributed by atoms with Gasteiger partial charge in [-0.1, -0.05) is 26.0 Å². The smallest absolute Gasteiger partial charge is 0.111 e. The molecule has 0 spiro atoms. The maximum atomic E-state index is 4.69. The number of fused-ring (bicyclic) bond motifs is 1. The maximum Gasteiger partial charge on any atom is 0.111 e. The van der Waals surface area contributed by atoms with Crippen molar-refractivity contribution in [2.24, 2.45) is 0 Å². The number of aromatic nitrogens is 1. The van der Waals surface area contributed by atoms with Crippen molar-refractivity contribution in [1.82, 2.24) is 15.2 Å². The predicted molar refractivity (Wildman–Crippen MR) is 83.8 cm³/mol. The number of nitrogens with zero attached hydrogens (tertiary/aromatic N) is 2. The molecule has 1 aromatic heterocycles. The summed E-state index contributed by atoms with van der Waals surface area (Å²) in [5.41, 5.74) is 1.11. The second-order valence-corrected chi connectivity index (χ2v) is 5.78. The van der Waals surface area contributed by atoms with Crippen molar-refractivity contribution < 1.29 is 0 Å². The van der Waals surface area contributed by atoms with E-state index in [0.717, 1.165) is 31.7 Å². The van der Waals surface area contributed by atoms with Crippen molar-refractivity contribution in [3.63, 3.8) is 0 Å². The third-order valence-corrected chi connectivity index (χ3v) is 4.67. The minimum atomic E-state index is 0.327. The van der Waals surface area contributed by atoms with Gasteiger partial charge < -0.3 is 10.2 Å². The van der Waals surface area contributed by atoms with Crippen LogP contribution in [0, 0.1) is 0 Å². The Bertz CT molecular complexity index is 472. The minimum Gasteiger partial charge on any atom is -0.307 e. The number of thiazole rings is 1. The molecule has 0 saturated heterocycles. The molecule has 0 bridgehead atoms. The summed E-state index contributed by atoms with van der Waals surface area (Å²) in [6.07, 6.45) is 0. The first-order valence-corrected chi connectivity index (χ1v) is 7.87. The SMILES string of the molecule is CCN(CC)CCNC(C)c1nc2ccccc2s1. The highest BCUT2D eigenvalue weighted by Crippen LogP contribution is 2.25. The average Bonchev–Trinajstić information content (AvgIpc) is 2.87. The lowest BCUT2D eigenvalue weighted by Crippen LogP contribution is -2.32. The van der Waals surface area contributed by atoms with Gasteiger partial charge >= 0.3 is 0 Å². The zero-order valence-electron chi connectivity index (χ0n) is 12.0. The number of hydrogen-bond acceptors (Lipinski definition) is 4. The Hall–Kier alpha value is -0.970. The molecule has 1 aromatic carbocycles. The molecule has 0 fully saturated rings. The molecule has 2 aromatic rings. The average molecular weight is 277 g/mol. The monoisotopic (exact) mass is 277 g/mol. The van der Waals surface area contributed by atoms with E-state index in [2.05, 4.69) is 49.2 Å². The second kappa shape index (κ2) is 6.98. The van der Waals surface area contributed by atoms with E-state index in [1.54, 1.807) is 11.3 Å². The van der Waals surface area contributed by atoms with Crippen molar-refractivity contribution in [3.8, 4) is 0 Å². The summed E-state index contributed by atoms with van der Waals surface area (Å²) in [6.45, 7) is 11.0. The Balaban J connectivity index is 1.90. The van der Waals surface area contributed by atoms with Gasteiger partial charge in [-0.15, -0.1) is 11.3 Å². The van der Waals surface area contributed by atoms with Gasteiger partial charge in [-0.3, -0.25) is 0 Å². The van der Waals surface area contributed by atoms with Gasteiger partial charge in [-0.2, -0.15) is 0 Å². The molecule has 1 unspecified atom stereocenters. The fraction of sp³-hybridized carbons (Fsp3) is 0.533. The number of rotatable bonds is 7. The molecule has 3 nitrogen and oxygen atoms in total. The number of benzene rings is 1. The van der Waals surface area contributed by atoms with Crippen LogP contribution in [0.4, 0.5) is 0 Å². The highest BCUT2D eigenvalue weighted by molar-refractivity contribution is 7.18. The van der Waals surface area contributed by atoms with Gasteiger partial charge in [0, 0.05) is 13.1 Å². The molecule has 1 atom stereocenters. The third-order valence-electron chi connectivity index (χ3n) is 3.45. The van der Waals surface area contributed by atoms with Crippen molar-refractivity contribution in [2.45, 2.75) is 26.8 Å². The van der Waals surface area contributed by atoms with Crippen LogP contribution in [0.1, 0.15) is 31.8 Å². The number of nitrogens with one attached hydrogen (secondary N) is 1. The lowest BCUT2D eigenvalue weighted by atomic mass is 10.3. The van der Waals surface area contributed by atoms with Crippen LogP contribution in [-0.2, 0) is 0 Å². The Morgan fingerprint density at radius 2 is 2.00 bits per heavy atom. The summed E-state index contributed by atoms with van der Waals surface area (Å²) >= 11 is 1.79. The van der Waals surface area contributed by atoms with Gasteiger partial charge in [0.25, 0.3) is 0 Å². The van der Waals surface area contributed by atoms with Crippen LogP contribution in [0.3, 0.4) is 0 Å². The van der Waals surface area contributed by atoms with Gasteiger partial charge in [0.05, 0.1) is 16.3 Å². The summed E-state index contributed by atoms with van der Waals surface area (Å²) in [4.78, 5) is 7.12. The normalized spacial score (nSPS) is 13.3. The van der Waals surface area contributed by atoms with Crippen LogP contribution in [0.25, 0.3) is 10.2 Å². The largest absolute Gasteiger partial charge is 0.307 e. The lowest BCUT2D eigenvalue weighted by Gasteiger charge is -2.19. The van der Waals surface area contributed by atoms with Gasteiger partial charge in [-0.25, -0.2) is 4.98 Å². The van der Waals surface area contributed by atoms with Crippen LogP contribution in [-0.4, -0.2) is 36.1 Å². The highest BCUT2D eigenvalue weighted by Gasteiger charge is 2.10. The van der Waals surface area contributed by atoms with E-state index in [1.165, 1.54) is 9.71 Å². The molecule has 0 aliphatic carbocycles. The predicted octanol–water partition coefficient (Wildman–Crippen LogP) is 3.29. The second-order valence-electron chi connectivity index (χ2n) is 4.72. The summed E-state index contributed by atoms with van der Waals surface area (Å²) in [6, 6.07) is 8.66. The van der Waals surface area contributed by atoms with Gasteiger partial charge in [-0.05, 0) is 32.1 Å². The van der Waals surface area contributed by atoms with Crippen molar-refractivity contribution in [2.75, 3.05) is 26.2 Å². The van der Waals surface area contributed by atoms with Crippen molar-refractivity contribution >= 4 is 21.6 Å². The quantitative estimate of drug-likeness (QED) is 0.842. The fourth-order valence-electron chi connectivity index (χ4n) is 2.14. The summed E-state index contributed by atoms with van der Waals surface area (Å²) in [7, 11) is 0. The molecule has 4 heteroatoms. The third kappa shape index (κ3) is 3.75. The molecule has 19 heavy (non-hydrogen) atoms. The van der Waals surface area contributed by atoms with E-state index in [9.17, 15) is 0 Å². The zero-order valence-corrected chi connectivity index (χ0v) is 12.8. The fourth-order valence-corrected chi connectivity index (χ4v) is 3.14. The van der Waals surface area contributed by atoms with Crippen molar-refractivity contribution in [3.05, 3.63) is 29.3 Å². The molecule has 2 rings (SSSR count). The first-order valence-electron chi connectivity index (χ1n) is 7.05. The number of hydrogen-bond donors (Lipinski definition) is 1. The molecule has 0 amide bonds. The zero-order chi connectivity index (χ0) is 13.7. The molecular weight excluding hydrogens is 254 g/mol. The summed E-state index contributed by atoms with van der Waals surface area (Å²) in [5, 5.41) is 4.75. The van der Waals surface area contributed by atoms with E-state index in [1.807, 2.05) is 6.07 Å². The minimum absolute atomic E-state index is 0.327. The molecule has 0 aliphatic rings. The molecular formula is C15H23N3S. The molecule has 104 valence electrons. The molecule has 0 saturated carbocycles. The Morgan fingerprint density at radius 1 is 1.26 bits per heavy atom. The van der Waals surface area contributed by atoms with Crippen LogP contribution in [0.2, 0.25) is 0 Å². The highest BCUT2D eigenvalue weighted by atomic mass is 32.1. The van der Waals surface area contributed by atoms with Gasteiger partial charge in [0.1, 0.15) is 5.01 Å². The van der Waals surface area contributed by atoms with E-state index >= 15 is 0 Å². The maximum absolute atomic E-state index is 4.69.